The molecule has 0 N–H and O–H groups in total. The van der Waals surface area contributed by atoms with E-state index in [1.807, 2.05) is 18.2 Å². The van der Waals surface area contributed by atoms with Crippen molar-refractivity contribution >= 4 is 45.2 Å². The molecule has 0 saturated carbocycles. The van der Waals surface area contributed by atoms with Crippen LogP contribution in [0.25, 0.3) is 6.08 Å². The molecule has 212 valence electrons. The first kappa shape index (κ1) is 28.6. The molecule has 2 aromatic heterocycles. The van der Waals surface area contributed by atoms with Crippen LogP contribution in [0.5, 0.6) is 0 Å². The minimum Gasteiger partial charge on any atom is -0.463 e. The van der Waals surface area contributed by atoms with Gasteiger partial charge in [-0.1, -0.05) is 62.8 Å². The third-order valence-corrected chi connectivity index (χ3v) is 8.97. The SMILES string of the molecule is CCCC1=C(C(=O)OCC)[C@@H](c2ccc(C(C)C)cc2)n2c(s/c(=C/c3cc(Br)c(N4CCCCC4)o3)c2=O)=N1. The van der Waals surface area contributed by atoms with Crippen LogP contribution in [0.3, 0.4) is 0 Å². The van der Waals surface area contributed by atoms with E-state index in [4.69, 9.17) is 14.1 Å². The van der Waals surface area contributed by atoms with Crippen LogP contribution >= 0.6 is 27.3 Å². The summed E-state index contributed by atoms with van der Waals surface area (Å²) in [7, 11) is 0. The second kappa shape index (κ2) is 12.3. The highest BCUT2D eigenvalue weighted by molar-refractivity contribution is 9.10. The smallest absolute Gasteiger partial charge is 0.338 e. The van der Waals surface area contributed by atoms with Crippen LogP contribution in [0.15, 0.2) is 60.3 Å². The lowest BCUT2D eigenvalue weighted by Crippen LogP contribution is -2.40. The first-order valence-corrected chi connectivity index (χ1v) is 15.8. The number of anilines is 1. The third kappa shape index (κ3) is 5.63. The molecule has 1 aromatic carbocycles. The molecule has 1 saturated heterocycles. The monoisotopic (exact) mass is 625 g/mol. The van der Waals surface area contributed by atoms with Gasteiger partial charge in [0.2, 0.25) is 5.88 Å². The fourth-order valence-electron chi connectivity index (χ4n) is 5.39. The summed E-state index contributed by atoms with van der Waals surface area (Å²) >= 11 is 4.97. The van der Waals surface area contributed by atoms with Gasteiger partial charge >= 0.3 is 5.97 Å². The zero-order chi connectivity index (χ0) is 28.4. The average molecular weight is 627 g/mol. The maximum Gasteiger partial charge on any atom is 0.338 e. The number of rotatable bonds is 8. The molecule has 9 heteroatoms. The number of hydrogen-bond acceptors (Lipinski definition) is 7. The maximum absolute atomic E-state index is 14.0. The van der Waals surface area contributed by atoms with E-state index >= 15 is 0 Å². The second-order valence-corrected chi connectivity index (χ2v) is 12.4. The van der Waals surface area contributed by atoms with E-state index in [-0.39, 0.29) is 12.2 Å². The van der Waals surface area contributed by atoms with Crippen LogP contribution < -0.4 is 19.8 Å². The van der Waals surface area contributed by atoms with Crippen molar-refractivity contribution in [3.05, 3.63) is 82.6 Å². The van der Waals surface area contributed by atoms with E-state index in [0.29, 0.717) is 38.7 Å². The lowest BCUT2D eigenvalue weighted by molar-refractivity contribution is -0.139. The number of carbonyl (C=O) groups is 1. The number of benzene rings is 1. The highest BCUT2D eigenvalue weighted by Gasteiger charge is 2.34. The predicted octanol–water partition coefficient (Wildman–Crippen LogP) is 6.05. The number of piperidine rings is 1. The molecule has 0 aliphatic carbocycles. The number of esters is 1. The number of fused-ring (bicyclic) bond motifs is 1. The molecule has 1 atom stereocenters. The maximum atomic E-state index is 14.0. The van der Waals surface area contributed by atoms with Crippen molar-refractivity contribution in [1.29, 1.82) is 0 Å². The molecule has 0 unspecified atom stereocenters. The van der Waals surface area contributed by atoms with Gasteiger partial charge in [0.15, 0.2) is 4.80 Å². The Labute approximate surface area is 247 Å². The van der Waals surface area contributed by atoms with Gasteiger partial charge in [-0.05, 0) is 65.6 Å². The molecule has 0 spiro atoms. The average Bonchev–Trinajstić information content (AvgIpc) is 3.47. The summed E-state index contributed by atoms with van der Waals surface area (Å²) in [6, 6.07) is 9.46. The van der Waals surface area contributed by atoms with Crippen molar-refractivity contribution < 1.29 is 13.9 Å². The summed E-state index contributed by atoms with van der Waals surface area (Å²) in [6.45, 7) is 10.3. The first-order valence-electron chi connectivity index (χ1n) is 14.2. The van der Waals surface area contributed by atoms with Crippen LogP contribution in [0.1, 0.15) is 88.6 Å². The van der Waals surface area contributed by atoms with Gasteiger partial charge in [0.1, 0.15) is 5.76 Å². The van der Waals surface area contributed by atoms with Crippen molar-refractivity contribution in [2.45, 2.75) is 71.8 Å². The summed E-state index contributed by atoms with van der Waals surface area (Å²) in [5.41, 5.74) is 2.97. The van der Waals surface area contributed by atoms with E-state index < -0.39 is 12.0 Å². The molecular weight excluding hydrogens is 590 g/mol. The molecule has 0 amide bonds. The minimum absolute atomic E-state index is 0.203. The molecule has 40 heavy (non-hydrogen) atoms. The van der Waals surface area contributed by atoms with Gasteiger partial charge in [0, 0.05) is 25.2 Å². The highest BCUT2D eigenvalue weighted by atomic mass is 79.9. The van der Waals surface area contributed by atoms with E-state index in [1.165, 1.54) is 23.3 Å². The fraction of sp³-hybridized carbons (Fsp3) is 0.452. The van der Waals surface area contributed by atoms with Gasteiger partial charge in [0.25, 0.3) is 5.56 Å². The van der Waals surface area contributed by atoms with Crippen LogP contribution in [0.4, 0.5) is 5.88 Å². The molecule has 2 aliphatic heterocycles. The van der Waals surface area contributed by atoms with Crippen molar-refractivity contribution in [2.75, 3.05) is 24.6 Å². The zero-order valence-electron chi connectivity index (χ0n) is 23.5. The number of halogens is 1. The van der Waals surface area contributed by atoms with Crippen LogP contribution in [0, 0.1) is 0 Å². The predicted molar refractivity (Wildman–Crippen MR) is 163 cm³/mol. The minimum atomic E-state index is -0.618. The van der Waals surface area contributed by atoms with Gasteiger partial charge in [-0.3, -0.25) is 9.36 Å². The summed E-state index contributed by atoms with van der Waals surface area (Å²) in [5.74, 6) is 1.35. The molecule has 1 fully saturated rings. The first-order chi connectivity index (χ1) is 19.3. The molecular formula is C31H36BrN3O4S. The third-order valence-electron chi connectivity index (χ3n) is 7.42. The Morgan fingerprint density at radius 2 is 1.93 bits per heavy atom. The lowest BCUT2D eigenvalue weighted by Gasteiger charge is -2.26. The Morgan fingerprint density at radius 3 is 2.58 bits per heavy atom. The summed E-state index contributed by atoms with van der Waals surface area (Å²) in [5, 5.41) is 0. The summed E-state index contributed by atoms with van der Waals surface area (Å²) in [4.78, 5) is 35.0. The number of nitrogens with zero attached hydrogens (tertiary/aromatic N) is 3. The molecule has 5 rings (SSSR count). The summed E-state index contributed by atoms with van der Waals surface area (Å²) < 4.78 is 14.7. The Balaban J connectivity index is 1.65. The van der Waals surface area contributed by atoms with Gasteiger partial charge in [-0.15, -0.1) is 0 Å². The van der Waals surface area contributed by atoms with E-state index in [0.717, 1.165) is 48.3 Å². The Bertz CT molecular complexity index is 1590. The fourth-order valence-corrected chi connectivity index (χ4v) is 6.95. The second-order valence-electron chi connectivity index (χ2n) is 10.6. The Kier molecular flexibility index (Phi) is 8.80. The number of allylic oxidation sites excluding steroid dienone is 1. The zero-order valence-corrected chi connectivity index (χ0v) is 25.9. The number of thiazole rings is 1. The number of carbonyl (C=O) groups excluding carboxylic acids is 1. The van der Waals surface area contributed by atoms with Crippen molar-refractivity contribution in [2.24, 2.45) is 4.99 Å². The number of hydrogen-bond donors (Lipinski definition) is 0. The number of ether oxygens (including phenoxy) is 1. The lowest BCUT2D eigenvalue weighted by atomic mass is 9.92. The molecule has 4 heterocycles. The van der Waals surface area contributed by atoms with Gasteiger partial charge < -0.3 is 14.1 Å². The summed E-state index contributed by atoms with van der Waals surface area (Å²) in [6.07, 6.45) is 6.73. The van der Waals surface area contributed by atoms with E-state index in [9.17, 15) is 9.59 Å². The molecule has 0 bridgehead atoms. The van der Waals surface area contributed by atoms with Crippen LogP contribution in [-0.4, -0.2) is 30.2 Å². The number of aromatic nitrogens is 1. The molecule has 2 aliphatic rings. The van der Waals surface area contributed by atoms with Gasteiger partial charge in [-0.25, -0.2) is 9.79 Å². The van der Waals surface area contributed by atoms with Gasteiger partial charge in [-0.2, -0.15) is 0 Å². The Hall–Kier alpha value is -2.91. The van der Waals surface area contributed by atoms with Crippen molar-refractivity contribution in [1.82, 2.24) is 4.57 Å². The molecule has 7 nitrogen and oxygen atoms in total. The van der Waals surface area contributed by atoms with E-state index in [1.54, 1.807) is 17.6 Å². The van der Waals surface area contributed by atoms with Crippen molar-refractivity contribution in [3.8, 4) is 0 Å². The number of furan rings is 1. The Morgan fingerprint density at radius 1 is 1.20 bits per heavy atom. The topological polar surface area (TPSA) is 77.0 Å². The molecule has 3 aromatic rings. The molecule has 0 radical (unpaired) electrons. The largest absolute Gasteiger partial charge is 0.463 e. The normalized spacial score (nSPS) is 17.8. The van der Waals surface area contributed by atoms with Crippen LogP contribution in [0.2, 0.25) is 0 Å². The highest BCUT2D eigenvalue weighted by Crippen LogP contribution is 2.34. The van der Waals surface area contributed by atoms with Crippen LogP contribution in [-0.2, 0) is 9.53 Å². The van der Waals surface area contributed by atoms with Gasteiger partial charge in [0.05, 0.1) is 32.9 Å². The quantitative estimate of drug-likeness (QED) is 0.285. The standard InChI is InChI=1S/C31H36BrN3O4S/c1-5-10-24-26(30(37)38-6-2)27(21-13-11-20(12-14-21)19(3)4)35-28(36)25(40-31(35)33-24)18-22-17-23(32)29(39-22)34-15-8-7-9-16-34/h11-14,17-19,27H,5-10,15-16H2,1-4H3/b25-18+/t27-/m1/s1. The van der Waals surface area contributed by atoms with Crippen molar-refractivity contribution in [3.63, 3.8) is 0 Å². The van der Waals surface area contributed by atoms with E-state index in [2.05, 4.69) is 53.7 Å².